The second-order valence-corrected chi connectivity index (χ2v) is 8.78. The SMILES string of the molecule is Cc1ccc(C(=O)N2CCCC(c3[nH]ncc3NS(C)(=O)=O)C2)cc1Cl. The Bertz CT molecular complexity index is 926. The molecule has 1 aliphatic heterocycles. The Labute approximate surface area is 157 Å². The predicted octanol–water partition coefficient (Wildman–Crippen LogP) is 2.76. The fraction of sp³-hybridized carbons (Fsp3) is 0.412. The van der Waals surface area contributed by atoms with E-state index < -0.39 is 10.0 Å². The van der Waals surface area contributed by atoms with Gasteiger partial charge in [0.2, 0.25) is 10.0 Å². The van der Waals surface area contributed by atoms with Crippen LogP contribution in [0, 0.1) is 6.92 Å². The first-order chi connectivity index (χ1) is 12.2. The number of nitrogens with zero attached hydrogens (tertiary/aromatic N) is 2. The van der Waals surface area contributed by atoms with Gasteiger partial charge in [-0.1, -0.05) is 17.7 Å². The van der Waals surface area contributed by atoms with Crippen molar-refractivity contribution in [2.75, 3.05) is 24.1 Å². The maximum atomic E-state index is 12.8. The van der Waals surface area contributed by atoms with Crippen molar-refractivity contribution in [2.24, 2.45) is 0 Å². The Morgan fingerprint density at radius 1 is 1.42 bits per heavy atom. The number of hydrogen-bond donors (Lipinski definition) is 2. The molecule has 0 spiro atoms. The van der Waals surface area contributed by atoms with Crippen molar-refractivity contribution in [3.63, 3.8) is 0 Å². The summed E-state index contributed by atoms with van der Waals surface area (Å²) in [5.41, 5.74) is 2.62. The highest BCUT2D eigenvalue weighted by molar-refractivity contribution is 7.92. The van der Waals surface area contributed by atoms with E-state index in [0.29, 0.717) is 35.1 Å². The molecular weight excluding hydrogens is 376 g/mol. The van der Waals surface area contributed by atoms with Gasteiger partial charge < -0.3 is 4.90 Å². The van der Waals surface area contributed by atoms with Crippen molar-refractivity contribution in [3.8, 4) is 0 Å². The number of nitrogens with one attached hydrogen (secondary N) is 2. The number of anilines is 1. The monoisotopic (exact) mass is 396 g/mol. The van der Waals surface area contributed by atoms with E-state index in [0.717, 1.165) is 24.7 Å². The van der Waals surface area contributed by atoms with E-state index in [2.05, 4.69) is 14.9 Å². The molecule has 2 N–H and O–H groups in total. The summed E-state index contributed by atoms with van der Waals surface area (Å²) in [5.74, 6) is -0.0888. The second kappa shape index (κ2) is 7.28. The summed E-state index contributed by atoms with van der Waals surface area (Å²) >= 11 is 6.14. The molecule has 1 aliphatic rings. The molecule has 140 valence electrons. The third-order valence-corrected chi connectivity index (χ3v) is 5.50. The molecule has 1 unspecified atom stereocenters. The number of piperidine rings is 1. The summed E-state index contributed by atoms with van der Waals surface area (Å²) in [5, 5.41) is 7.40. The molecule has 2 heterocycles. The molecule has 0 saturated carbocycles. The van der Waals surface area contributed by atoms with E-state index in [9.17, 15) is 13.2 Å². The molecule has 7 nitrogen and oxygen atoms in total. The quantitative estimate of drug-likeness (QED) is 0.830. The zero-order valence-electron chi connectivity index (χ0n) is 14.6. The molecule has 1 fully saturated rings. The van der Waals surface area contributed by atoms with Gasteiger partial charge >= 0.3 is 0 Å². The van der Waals surface area contributed by atoms with Crippen LogP contribution in [-0.4, -0.2) is 48.8 Å². The standard InChI is InChI=1S/C17H21ClN4O3S/c1-11-5-6-12(8-14(11)18)17(23)22-7-3-4-13(10-22)16-15(9-19-20-16)21-26(2,24)25/h5-6,8-9,13,21H,3-4,7,10H2,1-2H3,(H,19,20). The first-order valence-corrected chi connectivity index (χ1v) is 10.6. The van der Waals surface area contributed by atoms with Gasteiger partial charge in [-0.3, -0.25) is 14.6 Å². The van der Waals surface area contributed by atoms with Gasteiger partial charge in [-0.2, -0.15) is 5.10 Å². The molecule has 1 atom stereocenters. The Morgan fingerprint density at radius 2 is 2.19 bits per heavy atom. The highest BCUT2D eigenvalue weighted by atomic mass is 35.5. The van der Waals surface area contributed by atoms with Crippen molar-refractivity contribution >= 4 is 33.2 Å². The van der Waals surface area contributed by atoms with E-state index in [1.165, 1.54) is 6.20 Å². The highest BCUT2D eigenvalue weighted by Gasteiger charge is 2.28. The van der Waals surface area contributed by atoms with Gasteiger partial charge in [0.05, 0.1) is 23.8 Å². The summed E-state index contributed by atoms with van der Waals surface area (Å²) in [6.45, 7) is 3.04. The normalized spacial score (nSPS) is 18.0. The zero-order chi connectivity index (χ0) is 18.9. The predicted molar refractivity (Wildman–Crippen MR) is 101 cm³/mol. The van der Waals surface area contributed by atoms with Crippen LogP contribution in [0.1, 0.15) is 40.4 Å². The molecule has 0 bridgehead atoms. The summed E-state index contributed by atoms with van der Waals surface area (Å²) in [4.78, 5) is 14.6. The smallest absolute Gasteiger partial charge is 0.253 e. The first-order valence-electron chi connectivity index (χ1n) is 8.31. The maximum absolute atomic E-state index is 12.8. The number of carbonyl (C=O) groups is 1. The molecule has 1 saturated heterocycles. The Kier molecular flexibility index (Phi) is 5.24. The van der Waals surface area contributed by atoms with E-state index in [1.54, 1.807) is 17.0 Å². The third-order valence-electron chi connectivity index (χ3n) is 4.50. The number of H-pyrrole nitrogens is 1. The van der Waals surface area contributed by atoms with Gasteiger partial charge in [-0.05, 0) is 37.5 Å². The molecule has 3 rings (SSSR count). The molecule has 1 aromatic heterocycles. The fourth-order valence-electron chi connectivity index (χ4n) is 3.19. The largest absolute Gasteiger partial charge is 0.338 e. The van der Waals surface area contributed by atoms with Crippen LogP contribution in [0.5, 0.6) is 0 Å². The van der Waals surface area contributed by atoms with E-state index in [4.69, 9.17) is 11.6 Å². The van der Waals surface area contributed by atoms with Crippen molar-refractivity contribution < 1.29 is 13.2 Å². The molecular formula is C17H21ClN4O3S. The fourth-order valence-corrected chi connectivity index (χ4v) is 3.94. The average Bonchev–Trinajstić information content (AvgIpc) is 3.03. The van der Waals surface area contributed by atoms with Crippen LogP contribution in [0.15, 0.2) is 24.4 Å². The van der Waals surface area contributed by atoms with E-state index in [1.807, 2.05) is 13.0 Å². The number of likely N-dealkylation sites (tertiary alicyclic amines) is 1. The van der Waals surface area contributed by atoms with Crippen LogP contribution < -0.4 is 4.72 Å². The molecule has 2 aromatic rings. The van der Waals surface area contributed by atoms with Crippen molar-refractivity contribution in [1.82, 2.24) is 15.1 Å². The number of sulfonamides is 1. The van der Waals surface area contributed by atoms with E-state index in [-0.39, 0.29) is 11.8 Å². The second-order valence-electron chi connectivity index (χ2n) is 6.63. The average molecular weight is 397 g/mol. The minimum atomic E-state index is -3.40. The molecule has 9 heteroatoms. The Hall–Kier alpha value is -2.06. The Morgan fingerprint density at radius 3 is 2.88 bits per heavy atom. The third kappa shape index (κ3) is 4.19. The number of carbonyl (C=O) groups excluding carboxylic acids is 1. The summed E-state index contributed by atoms with van der Waals surface area (Å²) < 4.78 is 25.5. The van der Waals surface area contributed by atoms with Gasteiger partial charge in [-0.25, -0.2) is 8.42 Å². The topological polar surface area (TPSA) is 95.2 Å². The molecule has 1 amide bonds. The van der Waals surface area contributed by atoms with Crippen LogP contribution in [0.2, 0.25) is 5.02 Å². The molecule has 26 heavy (non-hydrogen) atoms. The maximum Gasteiger partial charge on any atom is 0.253 e. The van der Waals surface area contributed by atoms with Crippen LogP contribution in [-0.2, 0) is 10.0 Å². The van der Waals surface area contributed by atoms with Crippen molar-refractivity contribution in [2.45, 2.75) is 25.7 Å². The number of aryl methyl sites for hydroxylation is 1. The van der Waals surface area contributed by atoms with Gasteiger partial charge in [0.1, 0.15) is 0 Å². The molecule has 0 aliphatic carbocycles. The molecule has 1 aromatic carbocycles. The van der Waals surface area contributed by atoms with Crippen LogP contribution >= 0.6 is 11.6 Å². The lowest BCUT2D eigenvalue weighted by molar-refractivity contribution is 0.0706. The summed E-state index contributed by atoms with van der Waals surface area (Å²) in [7, 11) is -3.40. The highest BCUT2D eigenvalue weighted by Crippen LogP contribution is 2.31. The van der Waals surface area contributed by atoms with Crippen LogP contribution in [0.25, 0.3) is 0 Å². The minimum absolute atomic E-state index is 0.0135. The number of aromatic nitrogens is 2. The lowest BCUT2D eigenvalue weighted by Gasteiger charge is -2.32. The summed E-state index contributed by atoms with van der Waals surface area (Å²) in [6, 6.07) is 5.30. The van der Waals surface area contributed by atoms with Crippen molar-refractivity contribution in [1.29, 1.82) is 0 Å². The zero-order valence-corrected chi connectivity index (χ0v) is 16.2. The minimum Gasteiger partial charge on any atom is -0.338 e. The lowest BCUT2D eigenvalue weighted by Crippen LogP contribution is -2.39. The summed E-state index contributed by atoms with van der Waals surface area (Å²) in [6.07, 6.45) is 4.23. The van der Waals surface area contributed by atoms with Crippen molar-refractivity contribution in [3.05, 3.63) is 46.2 Å². The van der Waals surface area contributed by atoms with Gasteiger partial charge in [0.15, 0.2) is 0 Å². The van der Waals surface area contributed by atoms with Gasteiger partial charge in [0, 0.05) is 29.6 Å². The first kappa shape index (κ1) is 18.7. The number of benzene rings is 1. The van der Waals surface area contributed by atoms with Gasteiger partial charge in [0.25, 0.3) is 5.91 Å². The van der Waals surface area contributed by atoms with E-state index >= 15 is 0 Å². The van der Waals surface area contributed by atoms with Crippen LogP contribution in [0.3, 0.4) is 0 Å². The van der Waals surface area contributed by atoms with Crippen LogP contribution in [0.4, 0.5) is 5.69 Å². The number of aromatic amines is 1. The number of rotatable bonds is 4. The van der Waals surface area contributed by atoms with Gasteiger partial charge in [-0.15, -0.1) is 0 Å². The number of halogens is 1. The number of hydrogen-bond acceptors (Lipinski definition) is 4. The lowest BCUT2D eigenvalue weighted by atomic mass is 9.93. The molecule has 0 radical (unpaired) electrons. The number of amides is 1. The Balaban J connectivity index is 1.78.